The fourth-order valence-corrected chi connectivity index (χ4v) is 5.48. The van der Waals surface area contributed by atoms with E-state index in [9.17, 15) is 4.79 Å². The third-order valence-electron chi connectivity index (χ3n) is 5.78. The van der Waals surface area contributed by atoms with Crippen molar-refractivity contribution in [3.8, 4) is 0 Å². The first kappa shape index (κ1) is 16.6. The Kier molecular flexibility index (Phi) is 4.38. The van der Waals surface area contributed by atoms with E-state index >= 15 is 0 Å². The quantitative estimate of drug-likeness (QED) is 0.821. The highest BCUT2D eigenvalue weighted by molar-refractivity contribution is 7.11. The van der Waals surface area contributed by atoms with Crippen LogP contribution in [-0.4, -0.2) is 38.9 Å². The van der Waals surface area contributed by atoms with Gasteiger partial charge < -0.3 is 4.74 Å². The lowest BCUT2D eigenvalue weighted by Gasteiger charge is -2.23. The third-order valence-corrected chi connectivity index (χ3v) is 6.84. The number of aromatic nitrogens is 3. The summed E-state index contributed by atoms with van der Waals surface area (Å²) in [5, 5.41) is 5.84. The third kappa shape index (κ3) is 3.12. The summed E-state index contributed by atoms with van der Waals surface area (Å²) in [5.41, 5.74) is 3.56. The fourth-order valence-electron chi connectivity index (χ4n) is 4.40. The van der Waals surface area contributed by atoms with Crippen molar-refractivity contribution in [3.63, 3.8) is 0 Å². The first-order chi connectivity index (χ1) is 12.8. The Morgan fingerprint density at radius 3 is 3.12 bits per heavy atom. The molecule has 7 heteroatoms. The van der Waals surface area contributed by atoms with Crippen molar-refractivity contribution in [2.75, 3.05) is 13.2 Å². The molecule has 2 aromatic rings. The summed E-state index contributed by atoms with van der Waals surface area (Å²) < 4.78 is 7.24. The molecule has 0 radical (unpaired) electrons. The number of hydrogen-bond acceptors (Lipinski definition) is 6. The molecule has 5 rings (SSSR count). The number of rotatable bonds is 4. The van der Waals surface area contributed by atoms with Gasteiger partial charge in [-0.2, -0.15) is 5.10 Å². The lowest BCUT2D eigenvalue weighted by Crippen LogP contribution is -2.37. The molecule has 1 unspecified atom stereocenters. The summed E-state index contributed by atoms with van der Waals surface area (Å²) in [6.07, 6.45) is 6.38. The average Bonchev–Trinajstić information content (AvgIpc) is 3.35. The highest BCUT2D eigenvalue weighted by Gasteiger charge is 2.28. The summed E-state index contributed by atoms with van der Waals surface area (Å²) in [7, 11) is 0. The molecule has 6 nitrogen and oxygen atoms in total. The average molecular weight is 372 g/mol. The molecule has 1 fully saturated rings. The number of aryl methyl sites for hydroxylation is 2. The highest BCUT2D eigenvalue weighted by Crippen LogP contribution is 2.27. The van der Waals surface area contributed by atoms with Gasteiger partial charge in [-0.15, -0.1) is 11.3 Å². The minimum atomic E-state index is 0.0550. The molecule has 4 heterocycles. The van der Waals surface area contributed by atoms with Crippen LogP contribution in [0.25, 0.3) is 0 Å². The molecule has 0 bridgehead atoms. The van der Waals surface area contributed by atoms with Gasteiger partial charge in [-0.3, -0.25) is 9.69 Å². The van der Waals surface area contributed by atoms with Gasteiger partial charge in [0.1, 0.15) is 5.01 Å². The molecular formula is C19H24N4O2S. The lowest BCUT2D eigenvalue weighted by atomic mass is 10.2. The van der Waals surface area contributed by atoms with Crippen LogP contribution in [0.2, 0.25) is 0 Å². The van der Waals surface area contributed by atoms with Gasteiger partial charge in [0.15, 0.2) is 0 Å². The largest absolute Gasteiger partial charge is 0.375 e. The highest BCUT2D eigenvalue weighted by atomic mass is 32.1. The summed E-state index contributed by atoms with van der Waals surface area (Å²) in [5.74, 6) is 0. The molecular weight excluding hydrogens is 348 g/mol. The van der Waals surface area contributed by atoms with Crippen LogP contribution >= 0.6 is 11.3 Å². The Balaban J connectivity index is 1.32. The maximum atomic E-state index is 12.4. The van der Waals surface area contributed by atoms with Crippen LogP contribution in [-0.2, 0) is 43.7 Å². The number of likely N-dealkylation sites (tertiary alicyclic amines) is 1. The van der Waals surface area contributed by atoms with Gasteiger partial charge >= 0.3 is 0 Å². The van der Waals surface area contributed by atoms with E-state index in [1.165, 1.54) is 22.0 Å². The summed E-state index contributed by atoms with van der Waals surface area (Å²) in [4.78, 5) is 21.0. The zero-order chi connectivity index (χ0) is 17.5. The molecule has 3 aliphatic rings. The number of fused-ring (bicyclic) bond motifs is 2. The smallest absolute Gasteiger partial charge is 0.267 e. The normalized spacial score (nSPS) is 22.5. The molecule has 2 aromatic heterocycles. The predicted molar refractivity (Wildman–Crippen MR) is 99.4 cm³/mol. The van der Waals surface area contributed by atoms with Crippen molar-refractivity contribution in [2.24, 2.45) is 0 Å². The Labute approximate surface area is 156 Å². The molecule has 0 N–H and O–H groups in total. The maximum absolute atomic E-state index is 12.4. The topological polar surface area (TPSA) is 60.2 Å². The molecule has 0 spiro atoms. The Hall–Kier alpha value is -1.57. The monoisotopic (exact) mass is 372 g/mol. The molecule has 0 amide bonds. The van der Waals surface area contributed by atoms with Crippen molar-refractivity contribution in [2.45, 2.75) is 64.3 Å². The van der Waals surface area contributed by atoms with Crippen molar-refractivity contribution >= 4 is 11.3 Å². The second-order valence-electron chi connectivity index (χ2n) is 7.54. The predicted octanol–water partition coefficient (Wildman–Crippen LogP) is 1.93. The zero-order valence-electron chi connectivity index (χ0n) is 14.9. The Morgan fingerprint density at radius 2 is 2.19 bits per heavy atom. The molecule has 1 saturated heterocycles. The van der Waals surface area contributed by atoms with E-state index in [1.54, 1.807) is 16.0 Å². The number of thiazole rings is 1. The van der Waals surface area contributed by atoms with Gasteiger partial charge in [0.2, 0.25) is 0 Å². The maximum Gasteiger partial charge on any atom is 0.267 e. The van der Waals surface area contributed by atoms with Crippen molar-refractivity contribution in [3.05, 3.63) is 43.3 Å². The molecule has 26 heavy (non-hydrogen) atoms. The van der Waals surface area contributed by atoms with Crippen LogP contribution in [0.1, 0.15) is 46.1 Å². The van der Waals surface area contributed by atoms with Gasteiger partial charge in [0, 0.05) is 18.5 Å². The van der Waals surface area contributed by atoms with Crippen LogP contribution < -0.4 is 5.56 Å². The van der Waals surface area contributed by atoms with Crippen LogP contribution in [0.5, 0.6) is 0 Å². The Morgan fingerprint density at radius 1 is 1.23 bits per heavy atom. The molecule has 2 aliphatic heterocycles. The SMILES string of the molecule is O=c1cc2c(nn1CC1CCCN1Cc1nc3c(s1)COCC3)CCC2. The number of hydrogen-bond donors (Lipinski definition) is 0. The van der Waals surface area contributed by atoms with Crippen molar-refractivity contribution < 1.29 is 4.74 Å². The van der Waals surface area contributed by atoms with Crippen LogP contribution in [0.4, 0.5) is 0 Å². The fraction of sp³-hybridized carbons (Fsp3) is 0.632. The zero-order valence-corrected chi connectivity index (χ0v) is 15.8. The minimum Gasteiger partial charge on any atom is -0.375 e. The van der Waals surface area contributed by atoms with Gasteiger partial charge in [0.25, 0.3) is 5.56 Å². The standard InChI is InChI=1S/C19H24N4O2S/c24-19-9-13-3-1-5-15(13)21-23(19)10-14-4-2-7-22(14)11-18-20-16-6-8-25-12-17(16)26-18/h9,14H,1-8,10-12H2. The van der Waals surface area contributed by atoms with E-state index in [-0.39, 0.29) is 5.56 Å². The minimum absolute atomic E-state index is 0.0550. The molecule has 138 valence electrons. The van der Waals surface area contributed by atoms with E-state index in [4.69, 9.17) is 9.72 Å². The van der Waals surface area contributed by atoms with Gasteiger partial charge in [-0.1, -0.05) is 0 Å². The van der Waals surface area contributed by atoms with E-state index in [0.717, 1.165) is 63.1 Å². The number of nitrogens with zero attached hydrogens (tertiary/aromatic N) is 4. The lowest BCUT2D eigenvalue weighted by molar-refractivity contribution is 0.112. The molecule has 1 aliphatic carbocycles. The summed E-state index contributed by atoms with van der Waals surface area (Å²) in [6, 6.07) is 2.18. The van der Waals surface area contributed by atoms with E-state index in [0.29, 0.717) is 19.2 Å². The van der Waals surface area contributed by atoms with E-state index in [2.05, 4.69) is 10.00 Å². The second-order valence-corrected chi connectivity index (χ2v) is 8.70. The van der Waals surface area contributed by atoms with Gasteiger partial charge in [-0.05, 0) is 44.2 Å². The number of ether oxygens (including phenoxy) is 1. The first-order valence-corrected chi connectivity index (χ1v) is 10.5. The molecule has 0 aromatic carbocycles. The Bertz CT molecular complexity index is 851. The van der Waals surface area contributed by atoms with E-state index < -0.39 is 0 Å². The first-order valence-electron chi connectivity index (χ1n) is 9.65. The second kappa shape index (κ2) is 6.87. The van der Waals surface area contributed by atoms with Gasteiger partial charge in [0.05, 0.1) is 42.6 Å². The molecule has 0 saturated carbocycles. The van der Waals surface area contributed by atoms with Gasteiger partial charge in [-0.25, -0.2) is 9.67 Å². The van der Waals surface area contributed by atoms with Crippen molar-refractivity contribution in [1.29, 1.82) is 0 Å². The van der Waals surface area contributed by atoms with E-state index in [1.807, 2.05) is 6.07 Å². The molecule has 1 atom stereocenters. The van der Waals surface area contributed by atoms with Crippen LogP contribution in [0.15, 0.2) is 10.9 Å². The van der Waals surface area contributed by atoms with Crippen LogP contribution in [0.3, 0.4) is 0 Å². The van der Waals surface area contributed by atoms with Crippen LogP contribution in [0, 0.1) is 0 Å². The summed E-state index contributed by atoms with van der Waals surface area (Å²) in [6.45, 7) is 4.15. The summed E-state index contributed by atoms with van der Waals surface area (Å²) >= 11 is 1.79. The van der Waals surface area contributed by atoms with Crippen molar-refractivity contribution in [1.82, 2.24) is 19.7 Å².